The molecular weight excluding hydrogens is 184 g/mol. The summed E-state index contributed by atoms with van der Waals surface area (Å²) in [5, 5.41) is 0. The van der Waals surface area contributed by atoms with Crippen LogP contribution in [0, 0.1) is 23.7 Å². The number of rotatable bonds is 5. The molecule has 0 aromatic carbocycles. The zero-order valence-electron chi connectivity index (χ0n) is 8.75. The van der Waals surface area contributed by atoms with E-state index in [1.54, 1.807) is 6.08 Å². The molecule has 0 amide bonds. The van der Waals surface area contributed by atoms with Crippen LogP contribution in [0.15, 0.2) is 37.5 Å². The van der Waals surface area contributed by atoms with Crippen LogP contribution in [-0.2, 0) is 4.79 Å². The molecule has 0 rings (SSSR count). The molecule has 15 heavy (non-hydrogen) atoms. The summed E-state index contributed by atoms with van der Waals surface area (Å²) in [5.74, 6) is 9.73. The molecule has 0 radical (unpaired) electrons. The Morgan fingerprint density at radius 1 is 1.20 bits per heavy atom. The van der Waals surface area contributed by atoms with Crippen molar-refractivity contribution in [3.8, 4) is 23.7 Å². The first-order valence-corrected chi connectivity index (χ1v) is 4.75. The van der Waals surface area contributed by atoms with Crippen LogP contribution >= 0.6 is 0 Å². The molecule has 0 aliphatic rings. The number of hydrogen-bond acceptors (Lipinski definition) is 1. The maximum absolute atomic E-state index is 10.6. The zero-order valence-corrected chi connectivity index (χ0v) is 8.75. The topological polar surface area (TPSA) is 17.1 Å². The van der Waals surface area contributed by atoms with E-state index in [4.69, 9.17) is 0 Å². The summed E-state index contributed by atoms with van der Waals surface area (Å²) in [5.41, 5.74) is 0. The van der Waals surface area contributed by atoms with E-state index in [1.165, 1.54) is 6.08 Å². The number of ketones is 1. The van der Waals surface area contributed by atoms with Crippen molar-refractivity contribution in [3.63, 3.8) is 0 Å². The van der Waals surface area contributed by atoms with E-state index in [0.717, 1.165) is 19.3 Å². The smallest absolute Gasteiger partial charge is 0.229 e. The molecule has 0 saturated heterocycles. The van der Waals surface area contributed by atoms with Crippen LogP contribution in [0.1, 0.15) is 19.3 Å². The molecule has 76 valence electrons. The van der Waals surface area contributed by atoms with Crippen LogP contribution in [0.5, 0.6) is 0 Å². The lowest BCUT2D eigenvalue weighted by Crippen LogP contribution is -1.81. The lowest BCUT2D eigenvalue weighted by molar-refractivity contribution is -0.109. The molecule has 0 spiro atoms. The van der Waals surface area contributed by atoms with Crippen molar-refractivity contribution in [1.29, 1.82) is 0 Å². The first kappa shape index (κ1) is 13.0. The minimum atomic E-state index is -0.306. The average molecular weight is 198 g/mol. The number of hydrogen-bond donors (Lipinski definition) is 0. The summed E-state index contributed by atoms with van der Waals surface area (Å²) < 4.78 is 0. The average Bonchev–Trinajstić information content (AvgIpc) is 2.26. The number of carbonyl (C=O) groups is 1. The minimum Gasteiger partial charge on any atom is -0.280 e. The van der Waals surface area contributed by atoms with Crippen molar-refractivity contribution < 1.29 is 4.79 Å². The van der Waals surface area contributed by atoms with Gasteiger partial charge in [0.2, 0.25) is 5.78 Å². The molecule has 1 nitrogen and oxygen atoms in total. The van der Waals surface area contributed by atoms with Crippen LogP contribution in [0.25, 0.3) is 0 Å². The van der Waals surface area contributed by atoms with Gasteiger partial charge in [0.15, 0.2) is 0 Å². The van der Waals surface area contributed by atoms with E-state index in [1.807, 2.05) is 12.2 Å². The second kappa shape index (κ2) is 10.1. The van der Waals surface area contributed by atoms with Gasteiger partial charge in [0.05, 0.1) is 0 Å². The first-order valence-electron chi connectivity index (χ1n) is 4.75. The third-order valence-corrected chi connectivity index (χ3v) is 1.49. The van der Waals surface area contributed by atoms with Crippen LogP contribution in [0.3, 0.4) is 0 Å². The van der Waals surface area contributed by atoms with Gasteiger partial charge in [-0.15, -0.1) is 6.58 Å². The summed E-state index contributed by atoms with van der Waals surface area (Å²) >= 11 is 0. The van der Waals surface area contributed by atoms with Gasteiger partial charge in [-0.05, 0) is 49.2 Å². The highest BCUT2D eigenvalue weighted by Gasteiger charge is 1.80. The first-order chi connectivity index (χ1) is 7.31. The number of unbranched alkanes of at least 4 members (excludes halogenated alkanes) is 2. The van der Waals surface area contributed by atoms with E-state index in [9.17, 15) is 4.79 Å². The Morgan fingerprint density at radius 3 is 2.67 bits per heavy atom. The normalized spacial score (nSPS) is 8.27. The van der Waals surface area contributed by atoms with Gasteiger partial charge < -0.3 is 0 Å². The van der Waals surface area contributed by atoms with Crippen molar-refractivity contribution >= 4 is 5.78 Å². The van der Waals surface area contributed by atoms with E-state index < -0.39 is 0 Å². The molecule has 0 unspecified atom stereocenters. The Bertz CT molecular complexity index is 364. The SMILES string of the molecule is C=CCCC/C=C/C#CC#CC(=O)C=C. The van der Waals surface area contributed by atoms with Crippen LogP contribution in [0.2, 0.25) is 0 Å². The maximum Gasteiger partial charge on any atom is 0.229 e. The zero-order chi connectivity index (χ0) is 11.4. The number of allylic oxidation sites excluding steroid dienone is 4. The lowest BCUT2D eigenvalue weighted by atomic mass is 10.2. The Kier molecular flexibility index (Phi) is 8.75. The maximum atomic E-state index is 10.6. The van der Waals surface area contributed by atoms with Crippen molar-refractivity contribution in [2.45, 2.75) is 19.3 Å². The monoisotopic (exact) mass is 198 g/mol. The summed E-state index contributed by atoms with van der Waals surface area (Å²) in [6.07, 6.45) is 9.88. The van der Waals surface area contributed by atoms with Crippen LogP contribution in [-0.4, -0.2) is 5.78 Å². The molecule has 0 N–H and O–H groups in total. The minimum absolute atomic E-state index is 0.306. The van der Waals surface area contributed by atoms with Crippen LogP contribution < -0.4 is 0 Å². The van der Waals surface area contributed by atoms with Gasteiger partial charge >= 0.3 is 0 Å². The van der Waals surface area contributed by atoms with E-state index >= 15 is 0 Å². The molecule has 0 bridgehead atoms. The Morgan fingerprint density at radius 2 is 2.00 bits per heavy atom. The van der Waals surface area contributed by atoms with Gasteiger partial charge in [-0.25, -0.2) is 0 Å². The van der Waals surface area contributed by atoms with Crippen molar-refractivity contribution in [2.24, 2.45) is 0 Å². The predicted molar refractivity (Wildman–Crippen MR) is 63.9 cm³/mol. The Labute approximate surface area is 91.6 Å². The lowest BCUT2D eigenvalue weighted by Gasteiger charge is -1.85. The van der Waals surface area contributed by atoms with Crippen molar-refractivity contribution in [1.82, 2.24) is 0 Å². The molecule has 0 aliphatic heterocycles. The van der Waals surface area contributed by atoms with E-state index in [-0.39, 0.29) is 5.78 Å². The quantitative estimate of drug-likeness (QED) is 0.218. The highest BCUT2D eigenvalue weighted by molar-refractivity contribution is 6.04. The molecule has 1 heteroatoms. The Balaban J connectivity index is 3.77. The van der Waals surface area contributed by atoms with Crippen molar-refractivity contribution in [2.75, 3.05) is 0 Å². The van der Waals surface area contributed by atoms with Crippen LogP contribution in [0.4, 0.5) is 0 Å². The van der Waals surface area contributed by atoms with Gasteiger partial charge in [-0.2, -0.15) is 0 Å². The predicted octanol–water partition coefficient (Wildman–Crippen LogP) is 2.66. The molecule has 0 atom stereocenters. The largest absolute Gasteiger partial charge is 0.280 e. The highest BCUT2D eigenvalue weighted by atomic mass is 16.1. The fraction of sp³-hybridized carbons (Fsp3) is 0.214. The second-order valence-electron chi connectivity index (χ2n) is 2.71. The third-order valence-electron chi connectivity index (χ3n) is 1.49. The van der Waals surface area contributed by atoms with Crippen molar-refractivity contribution in [3.05, 3.63) is 37.5 Å². The number of carbonyl (C=O) groups excluding carboxylic acids is 1. The molecular formula is C14H14O. The molecule has 0 aromatic rings. The Hall–Kier alpha value is -1.99. The fourth-order valence-electron chi connectivity index (χ4n) is 0.744. The van der Waals surface area contributed by atoms with E-state index in [0.29, 0.717) is 0 Å². The highest BCUT2D eigenvalue weighted by Crippen LogP contribution is 1.95. The molecule has 0 saturated carbocycles. The fourth-order valence-corrected chi connectivity index (χ4v) is 0.744. The molecule has 0 aromatic heterocycles. The molecule has 0 heterocycles. The molecule has 0 fully saturated rings. The van der Waals surface area contributed by atoms with Gasteiger partial charge in [-0.1, -0.05) is 24.7 Å². The summed E-state index contributed by atoms with van der Waals surface area (Å²) in [4.78, 5) is 10.6. The van der Waals surface area contributed by atoms with Gasteiger partial charge in [0, 0.05) is 0 Å². The van der Waals surface area contributed by atoms with Gasteiger partial charge in [-0.3, -0.25) is 4.79 Å². The van der Waals surface area contributed by atoms with E-state index in [2.05, 4.69) is 36.8 Å². The third kappa shape index (κ3) is 9.93. The van der Waals surface area contributed by atoms with Gasteiger partial charge in [0.1, 0.15) is 0 Å². The summed E-state index contributed by atoms with van der Waals surface area (Å²) in [7, 11) is 0. The molecule has 0 aliphatic carbocycles. The second-order valence-corrected chi connectivity index (χ2v) is 2.71. The standard InChI is InChI=1S/C14H14O/c1-3-5-6-7-8-9-10-11-12-13-14(15)4-2/h3-4,8-9H,1-2,5-7H2/b9-8+. The van der Waals surface area contributed by atoms with Gasteiger partial charge in [0.25, 0.3) is 0 Å². The summed E-state index contributed by atoms with van der Waals surface area (Å²) in [6, 6.07) is 0. The summed E-state index contributed by atoms with van der Waals surface area (Å²) in [6.45, 7) is 6.93.